The van der Waals surface area contributed by atoms with Crippen molar-refractivity contribution < 1.29 is 14.3 Å². The molecule has 4 rings (SSSR count). The van der Waals surface area contributed by atoms with Crippen LogP contribution in [0.3, 0.4) is 0 Å². The van der Waals surface area contributed by atoms with Crippen LogP contribution >= 0.6 is 0 Å². The molecular formula is C21H32O3. The first-order valence-corrected chi connectivity index (χ1v) is 9.99. The maximum absolute atomic E-state index is 12.3. The summed E-state index contributed by atoms with van der Waals surface area (Å²) in [6, 6.07) is 0. The van der Waals surface area contributed by atoms with Crippen LogP contribution < -0.4 is 0 Å². The summed E-state index contributed by atoms with van der Waals surface area (Å²) in [6.45, 7) is 4.84. The molecule has 4 aliphatic rings. The summed E-state index contributed by atoms with van der Waals surface area (Å²) < 4.78 is 5.13. The quantitative estimate of drug-likeness (QED) is 0.669. The monoisotopic (exact) mass is 332 g/mol. The SMILES string of the molecule is COC(=O)[C@@H]1CC[C@@H]2[C@@H]3CC[C@H]4CC(=O)CC[C@]4(C)[C@@H]3CC[C@]21C. The molecule has 4 aliphatic carbocycles. The van der Waals surface area contributed by atoms with Crippen LogP contribution in [0, 0.1) is 40.4 Å². The van der Waals surface area contributed by atoms with Gasteiger partial charge in [-0.1, -0.05) is 13.8 Å². The van der Waals surface area contributed by atoms with Crippen LogP contribution in [0.2, 0.25) is 0 Å². The van der Waals surface area contributed by atoms with Gasteiger partial charge in [0, 0.05) is 12.8 Å². The van der Waals surface area contributed by atoms with Gasteiger partial charge in [-0.2, -0.15) is 0 Å². The molecule has 0 radical (unpaired) electrons. The lowest BCUT2D eigenvalue weighted by Gasteiger charge is -2.60. The zero-order valence-electron chi connectivity index (χ0n) is 15.5. The summed E-state index contributed by atoms with van der Waals surface area (Å²) in [5, 5.41) is 0. The first-order valence-electron chi connectivity index (χ1n) is 9.99. The summed E-state index contributed by atoms with van der Waals surface area (Å²) >= 11 is 0. The highest BCUT2D eigenvalue weighted by Gasteiger charge is 2.61. The molecule has 3 nitrogen and oxygen atoms in total. The number of esters is 1. The number of ketones is 1. The second-order valence-corrected chi connectivity index (χ2v) is 9.60. The third kappa shape index (κ3) is 2.15. The highest BCUT2D eigenvalue weighted by atomic mass is 16.5. The molecule has 0 unspecified atom stereocenters. The summed E-state index contributed by atoms with van der Waals surface area (Å²) in [4.78, 5) is 24.3. The highest BCUT2D eigenvalue weighted by molar-refractivity contribution is 5.79. The lowest BCUT2D eigenvalue weighted by Crippen LogP contribution is -2.54. The Labute approximate surface area is 145 Å². The molecule has 24 heavy (non-hydrogen) atoms. The molecule has 0 aromatic rings. The molecule has 0 aromatic heterocycles. The second kappa shape index (κ2) is 5.57. The van der Waals surface area contributed by atoms with E-state index in [4.69, 9.17) is 4.74 Å². The molecule has 0 aliphatic heterocycles. The molecule has 134 valence electrons. The van der Waals surface area contributed by atoms with Gasteiger partial charge >= 0.3 is 5.97 Å². The number of rotatable bonds is 1. The van der Waals surface area contributed by atoms with Crippen LogP contribution in [0.4, 0.5) is 0 Å². The Morgan fingerprint density at radius 2 is 1.75 bits per heavy atom. The van der Waals surface area contributed by atoms with Crippen molar-refractivity contribution in [3.63, 3.8) is 0 Å². The fraction of sp³-hybridized carbons (Fsp3) is 0.905. The molecule has 0 spiro atoms. The molecule has 0 amide bonds. The number of Topliss-reactive ketones (excluding diaryl/α,β-unsaturated/α-hetero) is 1. The first kappa shape index (κ1) is 16.6. The van der Waals surface area contributed by atoms with Crippen molar-refractivity contribution in [1.29, 1.82) is 0 Å². The normalized spacial score (nSPS) is 50.6. The Morgan fingerprint density at radius 1 is 1.00 bits per heavy atom. The van der Waals surface area contributed by atoms with Crippen LogP contribution in [0.15, 0.2) is 0 Å². The van der Waals surface area contributed by atoms with E-state index in [9.17, 15) is 9.59 Å². The Morgan fingerprint density at radius 3 is 2.50 bits per heavy atom. The van der Waals surface area contributed by atoms with Crippen molar-refractivity contribution in [2.75, 3.05) is 7.11 Å². The van der Waals surface area contributed by atoms with Gasteiger partial charge < -0.3 is 4.74 Å². The third-order valence-electron chi connectivity index (χ3n) is 8.97. The largest absolute Gasteiger partial charge is 0.469 e. The van der Waals surface area contributed by atoms with E-state index >= 15 is 0 Å². The van der Waals surface area contributed by atoms with Crippen LogP contribution in [-0.2, 0) is 14.3 Å². The van der Waals surface area contributed by atoms with E-state index < -0.39 is 0 Å². The minimum Gasteiger partial charge on any atom is -0.469 e. The van der Waals surface area contributed by atoms with Gasteiger partial charge in [0.05, 0.1) is 13.0 Å². The Hall–Kier alpha value is -0.860. The van der Waals surface area contributed by atoms with Crippen LogP contribution in [0.25, 0.3) is 0 Å². The molecule has 0 bridgehead atoms. The van der Waals surface area contributed by atoms with Crippen molar-refractivity contribution in [3.05, 3.63) is 0 Å². The summed E-state index contributed by atoms with van der Waals surface area (Å²) in [5.41, 5.74) is 0.503. The van der Waals surface area contributed by atoms with E-state index in [1.807, 2.05) is 0 Å². The average Bonchev–Trinajstić information content (AvgIpc) is 2.92. The van der Waals surface area contributed by atoms with Crippen LogP contribution in [-0.4, -0.2) is 18.9 Å². The van der Waals surface area contributed by atoms with Crippen molar-refractivity contribution in [1.82, 2.24) is 0 Å². The van der Waals surface area contributed by atoms with E-state index in [0.717, 1.165) is 43.9 Å². The first-order chi connectivity index (χ1) is 11.4. The summed E-state index contributed by atoms with van der Waals surface area (Å²) in [6.07, 6.45) is 9.82. The zero-order chi connectivity index (χ0) is 17.1. The van der Waals surface area contributed by atoms with Gasteiger partial charge in [-0.3, -0.25) is 9.59 Å². The van der Waals surface area contributed by atoms with Gasteiger partial charge in [0.25, 0.3) is 0 Å². The lowest BCUT2D eigenvalue weighted by atomic mass is 9.45. The topological polar surface area (TPSA) is 43.4 Å². The van der Waals surface area contributed by atoms with Gasteiger partial charge in [-0.25, -0.2) is 0 Å². The number of methoxy groups -OCH3 is 1. The fourth-order valence-electron chi connectivity index (χ4n) is 7.57. The predicted octanol–water partition coefficient (Wildman–Crippen LogP) is 4.39. The van der Waals surface area contributed by atoms with Gasteiger partial charge in [-0.05, 0) is 79.4 Å². The Bertz CT molecular complexity index is 555. The molecule has 0 aromatic carbocycles. The van der Waals surface area contributed by atoms with Gasteiger partial charge in [0.15, 0.2) is 0 Å². The van der Waals surface area contributed by atoms with Gasteiger partial charge in [0.2, 0.25) is 0 Å². The van der Waals surface area contributed by atoms with E-state index in [0.29, 0.717) is 23.0 Å². The van der Waals surface area contributed by atoms with E-state index in [2.05, 4.69) is 13.8 Å². The Balaban J connectivity index is 1.61. The average molecular weight is 332 g/mol. The fourth-order valence-corrected chi connectivity index (χ4v) is 7.57. The van der Waals surface area contributed by atoms with E-state index in [-0.39, 0.29) is 17.3 Å². The maximum Gasteiger partial charge on any atom is 0.309 e. The van der Waals surface area contributed by atoms with Gasteiger partial charge in [-0.15, -0.1) is 0 Å². The molecule has 0 heterocycles. The van der Waals surface area contributed by atoms with Crippen molar-refractivity contribution in [2.24, 2.45) is 40.4 Å². The zero-order valence-corrected chi connectivity index (χ0v) is 15.5. The van der Waals surface area contributed by atoms with Crippen LogP contribution in [0.5, 0.6) is 0 Å². The number of hydrogen-bond donors (Lipinski definition) is 0. The molecule has 4 fully saturated rings. The number of carbonyl (C=O) groups excluding carboxylic acids is 2. The lowest BCUT2D eigenvalue weighted by molar-refractivity contribution is -0.157. The molecule has 3 heteroatoms. The molecule has 7 atom stereocenters. The van der Waals surface area contributed by atoms with Crippen molar-refractivity contribution >= 4 is 11.8 Å². The second-order valence-electron chi connectivity index (χ2n) is 9.60. The van der Waals surface area contributed by atoms with E-state index in [1.54, 1.807) is 0 Å². The maximum atomic E-state index is 12.3. The molecular weight excluding hydrogens is 300 g/mol. The summed E-state index contributed by atoms with van der Waals surface area (Å²) in [7, 11) is 1.54. The van der Waals surface area contributed by atoms with Crippen molar-refractivity contribution in [2.45, 2.75) is 71.6 Å². The smallest absolute Gasteiger partial charge is 0.309 e. The number of hydrogen-bond acceptors (Lipinski definition) is 3. The minimum absolute atomic E-state index is 0.0154. The molecule has 0 saturated heterocycles. The van der Waals surface area contributed by atoms with Crippen LogP contribution in [0.1, 0.15) is 71.6 Å². The Kier molecular flexibility index (Phi) is 3.85. The molecule has 4 saturated carbocycles. The minimum atomic E-state index is 0.0154. The molecule has 0 N–H and O–H groups in total. The van der Waals surface area contributed by atoms with Gasteiger partial charge in [0.1, 0.15) is 5.78 Å². The number of ether oxygens (including phenoxy) is 1. The summed E-state index contributed by atoms with van der Waals surface area (Å²) in [5.74, 6) is 3.42. The standard InChI is InChI=1S/C21H32O3/c1-20-10-8-14(22)12-13(20)4-5-15-16-6-7-18(19(23)24-3)21(16,2)11-9-17(15)20/h13,15-18H,4-12H2,1-3H3/t13-,15-,16+,17+,18-,20-,21+/m0/s1. The third-order valence-corrected chi connectivity index (χ3v) is 8.97. The number of fused-ring (bicyclic) bond motifs is 5. The predicted molar refractivity (Wildman–Crippen MR) is 92.2 cm³/mol. The van der Waals surface area contributed by atoms with Crippen molar-refractivity contribution in [3.8, 4) is 0 Å². The number of carbonyl (C=O) groups is 2. The highest BCUT2D eigenvalue weighted by Crippen LogP contribution is 2.67. The van der Waals surface area contributed by atoms with E-state index in [1.165, 1.54) is 32.8 Å².